The molecule has 1 aliphatic rings. The molecule has 0 aliphatic carbocycles. The van der Waals surface area contributed by atoms with Gasteiger partial charge in [0.1, 0.15) is 0 Å². The van der Waals surface area contributed by atoms with Crippen LogP contribution in [0.3, 0.4) is 0 Å². The van der Waals surface area contributed by atoms with E-state index in [4.69, 9.17) is 5.73 Å². The van der Waals surface area contributed by atoms with E-state index in [0.29, 0.717) is 19.5 Å². The Bertz CT molecular complexity index is 617. The van der Waals surface area contributed by atoms with Crippen LogP contribution in [-0.2, 0) is 10.0 Å². The monoisotopic (exact) mass is 299 g/mol. The molecule has 20 heavy (non-hydrogen) atoms. The van der Waals surface area contributed by atoms with Crippen molar-refractivity contribution in [3.63, 3.8) is 0 Å². The highest BCUT2D eigenvalue weighted by Gasteiger charge is 2.32. The molecule has 1 aromatic rings. The van der Waals surface area contributed by atoms with E-state index in [0.717, 1.165) is 6.07 Å². The van der Waals surface area contributed by atoms with Gasteiger partial charge in [0.05, 0.1) is 9.82 Å². The molecular formula is C12H17N3O4S. The maximum absolute atomic E-state index is 12.5. The van der Waals surface area contributed by atoms with Crippen molar-refractivity contribution in [1.82, 2.24) is 4.31 Å². The third kappa shape index (κ3) is 2.82. The van der Waals surface area contributed by atoms with Gasteiger partial charge in [-0.25, -0.2) is 8.42 Å². The summed E-state index contributed by atoms with van der Waals surface area (Å²) in [6.45, 7) is 2.59. The van der Waals surface area contributed by atoms with Gasteiger partial charge >= 0.3 is 0 Å². The summed E-state index contributed by atoms with van der Waals surface area (Å²) < 4.78 is 26.3. The SMILES string of the molecule is CC1CN(S(=O)(=O)c2cccc([N+](=O)[O-])c2)CCC1N. The first-order valence-corrected chi connectivity index (χ1v) is 7.76. The van der Waals surface area contributed by atoms with E-state index < -0.39 is 14.9 Å². The van der Waals surface area contributed by atoms with Gasteiger partial charge in [-0.05, 0) is 18.4 Å². The molecule has 0 amide bonds. The summed E-state index contributed by atoms with van der Waals surface area (Å²) in [7, 11) is -3.70. The summed E-state index contributed by atoms with van der Waals surface area (Å²) in [6.07, 6.45) is 0.593. The second kappa shape index (κ2) is 5.47. The smallest absolute Gasteiger partial charge is 0.270 e. The lowest BCUT2D eigenvalue weighted by atomic mass is 9.96. The number of benzene rings is 1. The fourth-order valence-electron chi connectivity index (χ4n) is 2.25. The highest BCUT2D eigenvalue weighted by atomic mass is 32.2. The summed E-state index contributed by atoms with van der Waals surface area (Å²) in [6, 6.07) is 5.11. The Labute approximate surface area is 117 Å². The van der Waals surface area contributed by atoms with E-state index in [1.54, 1.807) is 0 Å². The number of hydrogen-bond donors (Lipinski definition) is 1. The van der Waals surface area contributed by atoms with Crippen LogP contribution in [0.2, 0.25) is 0 Å². The molecule has 1 aromatic carbocycles. The number of sulfonamides is 1. The van der Waals surface area contributed by atoms with Crippen LogP contribution in [0.15, 0.2) is 29.2 Å². The van der Waals surface area contributed by atoms with Gasteiger partial charge in [0.15, 0.2) is 0 Å². The van der Waals surface area contributed by atoms with Gasteiger partial charge < -0.3 is 5.73 Å². The fourth-order valence-corrected chi connectivity index (χ4v) is 3.85. The Morgan fingerprint density at radius 2 is 2.15 bits per heavy atom. The maximum atomic E-state index is 12.5. The lowest BCUT2D eigenvalue weighted by molar-refractivity contribution is -0.385. The van der Waals surface area contributed by atoms with E-state index >= 15 is 0 Å². The molecule has 2 atom stereocenters. The lowest BCUT2D eigenvalue weighted by Gasteiger charge is -2.34. The molecule has 0 aromatic heterocycles. The minimum absolute atomic E-state index is 0.00782. The standard InChI is InChI=1S/C12H17N3O4S/c1-9-8-14(6-5-12(9)13)20(18,19)11-4-2-3-10(7-11)15(16)17/h2-4,7,9,12H,5-6,8,13H2,1H3. The lowest BCUT2D eigenvalue weighted by Crippen LogP contribution is -2.48. The third-order valence-electron chi connectivity index (χ3n) is 3.60. The van der Waals surface area contributed by atoms with Crippen LogP contribution in [-0.4, -0.2) is 36.8 Å². The molecule has 2 unspecified atom stereocenters. The van der Waals surface area contributed by atoms with E-state index in [2.05, 4.69) is 0 Å². The molecule has 0 radical (unpaired) electrons. The molecule has 1 heterocycles. The van der Waals surface area contributed by atoms with E-state index in [1.807, 2.05) is 6.92 Å². The van der Waals surface area contributed by atoms with Crippen molar-refractivity contribution in [2.45, 2.75) is 24.3 Å². The van der Waals surface area contributed by atoms with Crippen molar-refractivity contribution in [3.8, 4) is 0 Å². The number of hydrogen-bond acceptors (Lipinski definition) is 5. The van der Waals surface area contributed by atoms with Crippen molar-refractivity contribution in [2.24, 2.45) is 11.7 Å². The number of nitrogens with zero attached hydrogens (tertiary/aromatic N) is 2. The van der Waals surface area contributed by atoms with Crippen LogP contribution in [0.1, 0.15) is 13.3 Å². The van der Waals surface area contributed by atoms with Crippen LogP contribution in [0.25, 0.3) is 0 Å². The van der Waals surface area contributed by atoms with Crippen molar-refractivity contribution >= 4 is 15.7 Å². The summed E-state index contributed by atoms with van der Waals surface area (Å²) in [5.74, 6) is 0.0669. The molecule has 0 bridgehead atoms. The highest BCUT2D eigenvalue weighted by molar-refractivity contribution is 7.89. The van der Waals surface area contributed by atoms with Gasteiger partial charge in [-0.15, -0.1) is 0 Å². The Morgan fingerprint density at radius 3 is 2.75 bits per heavy atom. The molecule has 2 rings (SSSR count). The van der Waals surface area contributed by atoms with Gasteiger partial charge in [-0.2, -0.15) is 4.31 Å². The zero-order valence-electron chi connectivity index (χ0n) is 11.1. The molecule has 2 N–H and O–H groups in total. The van der Waals surface area contributed by atoms with Gasteiger partial charge in [0, 0.05) is 31.3 Å². The summed E-state index contributed by atoms with van der Waals surface area (Å²) in [5, 5.41) is 10.7. The summed E-state index contributed by atoms with van der Waals surface area (Å²) in [4.78, 5) is 10.1. The minimum Gasteiger partial charge on any atom is -0.327 e. The predicted octanol–water partition coefficient (Wildman–Crippen LogP) is 0.953. The largest absolute Gasteiger partial charge is 0.327 e. The molecule has 8 heteroatoms. The predicted molar refractivity (Wildman–Crippen MR) is 73.6 cm³/mol. The van der Waals surface area contributed by atoms with Gasteiger partial charge in [0.25, 0.3) is 5.69 Å². The number of nitro groups is 1. The van der Waals surface area contributed by atoms with Crippen LogP contribution >= 0.6 is 0 Å². The second-order valence-electron chi connectivity index (χ2n) is 5.05. The molecule has 0 saturated carbocycles. The fraction of sp³-hybridized carbons (Fsp3) is 0.500. The van der Waals surface area contributed by atoms with Gasteiger partial charge in [0.2, 0.25) is 10.0 Å². The first-order valence-electron chi connectivity index (χ1n) is 6.32. The quantitative estimate of drug-likeness (QED) is 0.660. The Hall–Kier alpha value is -1.51. The number of nitro benzene ring substituents is 1. The van der Waals surface area contributed by atoms with E-state index in [9.17, 15) is 18.5 Å². The Kier molecular flexibility index (Phi) is 4.07. The molecule has 0 spiro atoms. The molecule has 110 valence electrons. The second-order valence-corrected chi connectivity index (χ2v) is 6.99. The van der Waals surface area contributed by atoms with Crippen LogP contribution in [0, 0.1) is 16.0 Å². The van der Waals surface area contributed by atoms with Crippen LogP contribution in [0.4, 0.5) is 5.69 Å². The van der Waals surface area contributed by atoms with Crippen molar-refractivity contribution < 1.29 is 13.3 Å². The van der Waals surface area contributed by atoms with E-state index in [1.165, 1.54) is 22.5 Å². The molecule has 1 fully saturated rings. The van der Waals surface area contributed by atoms with Crippen molar-refractivity contribution in [3.05, 3.63) is 34.4 Å². The van der Waals surface area contributed by atoms with Crippen LogP contribution < -0.4 is 5.73 Å². The first kappa shape index (κ1) is 14.9. The number of piperidine rings is 1. The van der Waals surface area contributed by atoms with Gasteiger partial charge in [-0.3, -0.25) is 10.1 Å². The molecular weight excluding hydrogens is 282 g/mol. The topological polar surface area (TPSA) is 107 Å². The van der Waals surface area contributed by atoms with Crippen LogP contribution in [0.5, 0.6) is 0 Å². The van der Waals surface area contributed by atoms with Crippen molar-refractivity contribution in [1.29, 1.82) is 0 Å². The molecule has 1 aliphatic heterocycles. The Morgan fingerprint density at radius 1 is 1.45 bits per heavy atom. The zero-order chi connectivity index (χ0) is 14.9. The molecule has 7 nitrogen and oxygen atoms in total. The average molecular weight is 299 g/mol. The third-order valence-corrected chi connectivity index (χ3v) is 5.46. The minimum atomic E-state index is -3.70. The number of nitrogens with two attached hydrogens (primary N) is 1. The van der Waals surface area contributed by atoms with Gasteiger partial charge in [-0.1, -0.05) is 13.0 Å². The first-order chi connectivity index (χ1) is 9.32. The Balaban J connectivity index is 2.31. The zero-order valence-corrected chi connectivity index (χ0v) is 11.9. The number of rotatable bonds is 3. The maximum Gasteiger partial charge on any atom is 0.270 e. The van der Waals surface area contributed by atoms with E-state index in [-0.39, 0.29) is 22.5 Å². The highest BCUT2D eigenvalue weighted by Crippen LogP contribution is 2.25. The summed E-state index contributed by atoms with van der Waals surface area (Å²) in [5.41, 5.74) is 5.65. The summed E-state index contributed by atoms with van der Waals surface area (Å²) >= 11 is 0. The average Bonchev–Trinajstić information content (AvgIpc) is 2.42. The molecule has 1 saturated heterocycles. The normalized spacial score (nSPS) is 24.5. The number of non-ortho nitro benzene ring substituents is 1. The van der Waals surface area contributed by atoms with Crippen molar-refractivity contribution in [2.75, 3.05) is 13.1 Å².